The molecule has 1 rings (SSSR count). The summed E-state index contributed by atoms with van der Waals surface area (Å²) >= 11 is 5.58. The number of carbonyl (C=O) groups is 1. The number of hydrogen-bond donors (Lipinski definition) is 3. The SMILES string of the molecule is Cc1ccc(C(CCl)NC(=O)O)c([N+](=O)[O-])c1O. The number of carboxylic acid groups (broad SMARTS) is 1. The minimum absolute atomic E-state index is 0.0282. The molecule has 0 aliphatic rings. The summed E-state index contributed by atoms with van der Waals surface area (Å²) in [6.07, 6.45) is -1.35. The Labute approximate surface area is 107 Å². The van der Waals surface area contributed by atoms with Gasteiger partial charge in [-0.15, -0.1) is 11.6 Å². The van der Waals surface area contributed by atoms with Crippen LogP contribution in [-0.2, 0) is 0 Å². The Morgan fingerprint density at radius 3 is 2.67 bits per heavy atom. The second-order valence-corrected chi connectivity index (χ2v) is 3.89. The molecule has 8 heteroatoms. The van der Waals surface area contributed by atoms with Crippen molar-refractivity contribution in [2.24, 2.45) is 0 Å². The summed E-state index contributed by atoms with van der Waals surface area (Å²) in [6.45, 7) is 1.51. The Hall–Kier alpha value is -2.02. The first-order valence-electron chi connectivity index (χ1n) is 4.90. The third-order valence-corrected chi connectivity index (χ3v) is 2.70. The zero-order valence-corrected chi connectivity index (χ0v) is 10.1. The fourth-order valence-corrected chi connectivity index (χ4v) is 1.76. The van der Waals surface area contributed by atoms with Crippen LogP contribution in [0.4, 0.5) is 10.5 Å². The molecule has 1 aromatic carbocycles. The molecular weight excluding hydrogens is 264 g/mol. The largest absolute Gasteiger partial charge is 0.502 e. The molecule has 0 aromatic heterocycles. The van der Waals surface area contributed by atoms with Gasteiger partial charge in [0.2, 0.25) is 0 Å². The second kappa shape index (κ2) is 5.54. The van der Waals surface area contributed by atoms with E-state index < -0.39 is 28.5 Å². The molecule has 1 unspecified atom stereocenters. The summed E-state index contributed by atoms with van der Waals surface area (Å²) in [5, 5.41) is 31.3. The molecule has 0 radical (unpaired) electrons. The van der Waals surface area contributed by atoms with Crippen molar-refractivity contribution in [3.63, 3.8) is 0 Å². The Morgan fingerprint density at radius 2 is 2.22 bits per heavy atom. The summed E-state index contributed by atoms with van der Waals surface area (Å²) in [5.41, 5.74) is -0.177. The van der Waals surface area contributed by atoms with Crippen molar-refractivity contribution >= 4 is 23.4 Å². The van der Waals surface area contributed by atoms with Crippen LogP contribution in [0, 0.1) is 17.0 Å². The Bertz CT molecular complexity index is 491. The van der Waals surface area contributed by atoms with E-state index in [9.17, 15) is 20.0 Å². The van der Waals surface area contributed by atoms with E-state index >= 15 is 0 Å². The zero-order chi connectivity index (χ0) is 13.9. The van der Waals surface area contributed by atoms with Gasteiger partial charge in [-0.25, -0.2) is 4.79 Å². The van der Waals surface area contributed by atoms with Crippen molar-refractivity contribution in [3.8, 4) is 5.75 Å². The topological polar surface area (TPSA) is 113 Å². The maximum Gasteiger partial charge on any atom is 0.405 e. The van der Waals surface area contributed by atoms with Crippen molar-refractivity contribution in [1.29, 1.82) is 0 Å². The highest BCUT2D eigenvalue weighted by atomic mass is 35.5. The Morgan fingerprint density at radius 1 is 1.61 bits per heavy atom. The summed E-state index contributed by atoms with van der Waals surface area (Å²) in [5.74, 6) is -0.671. The predicted octanol–water partition coefficient (Wildman–Crippen LogP) is 2.16. The lowest BCUT2D eigenvalue weighted by Crippen LogP contribution is -2.28. The van der Waals surface area contributed by atoms with Crippen molar-refractivity contribution in [2.75, 3.05) is 5.88 Å². The number of aromatic hydroxyl groups is 1. The third-order valence-electron chi connectivity index (χ3n) is 2.39. The molecule has 3 N–H and O–H groups in total. The fourth-order valence-electron chi connectivity index (χ4n) is 1.52. The monoisotopic (exact) mass is 274 g/mol. The maximum atomic E-state index is 10.9. The number of alkyl halides is 1. The van der Waals surface area contributed by atoms with Crippen LogP contribution in [0.1, 0.15) is 17.2 Å². The Balaban J connectivity index is 3.34. The molecule has 0 saturated heterocycles. The van der Waals surface area contributed by atoms with E-state index in [2.05, 4.69) is 5.32 Å². The van der Waals surface area contributed by atoms with Gasteiger partial charge in [0.05, 0.1) is 16.5 Å². The molecule has 0 aliphatic carbocycles. The van der Waals surface area contributed by atoms with Gasteiger partial charge >= 0.3 is 11.8 Å². The molecule has 18 heavy (non-hydrogen) atoms. The van der Waals surface area contributed by atoms with E-state index in [0.29, 0.717) is 5.56 Å². The molecule has 98 valence electrons. The summed E-state index contributed by atoms with van der Waals surface area (Å²) in [7, 11) is 0. The molecule has 1 atom stereocenters. The number of aryl methyl sites for hydroxylation is 1. The number of nitro groups is 1. The lowest BCUT2D eigenvalue weighted by Gasteiger charge is -2.15. The van der Waals surface area contributed by atoms with Crippen LogP contribution in [0.15, 0.2) is 12.1 Å². The number of benzene rings is 1. The quantitative estimate of drug-likeness (QED) is 0.442. The molecule has 0 aliphatic heterocycles. The Kier molecular flexibility index (Phi) is 4.33. The summed E-state index contributed by atoms with van der Waals surface area (Å²) in [4.78, 5) is 20.7. The molecule has 0 fully saturated rings. The van der Waals surface area contributed by atoms with Crippen LogP contribution >= 0.6 is 11.6 Å². The molecule has 7 nitrogen and oxygen atoms in total. The minimum atomic E-state index is -1.35. The van der Waals surface area contributed by atoms with Crippen LogP contribution < -0.4 is 5.32 Å². The smallest absolute Gasteiger partial charge is 0.405 e. The number of phenols is 1. The molecule has 0 saturated carbocycles. The maximum absolute atomic E-state index is 10.9. The number of hydrogen-bond acceptors (Lipinski definition) is 4. The van der Waals surface area contributed by atoms with E-state index in [0.717, 1.165) is 0 Å². The first kappa shape index (κ1) is 14.0. The lowest BCUT2D eigenvalue weighted by atomic mass is 10.0. The van der Waals surface area contributed by atoms with Crippen LogP contribution in [0.25, 0.3) is 0 Å². The lowest BCUT2D eigenvalue weighted by molar-refractivity contribution is -0.386. The molecule has 0 bridgehead atoms. The minimum Gasteiger partial charge on any atom is -0.502 e. The standard InChI is InChI=1S/C10H11ClN2O5/c1-5-2-3-6(7(4-11)12-10(15)16)8(9(5)14)13(17)18/h2-3,7,12,14H,4H2,1H3,(H,15,16). The van der Waals surface area contributed by atoms with Gasteiger partial charge in [-0.3, -0.25) is 10.1 Å². The van der Waals surface area contributed by atoms with Crippen LogP contribution in [0.2, 0.25) is 0 Å². The number of nitro benzene ring substituents is 1. The van der Waals surface area contributed by atoms with Gasteiger partial charge in [0.1, 0.15) is 0 Å². The predicted molar refractivity (Wildman–Crippen MR) is 64.1 cm³/mol. The van der Waals surface area contributed by atoms with Crippen molar-refractivity contribution in [3.05, 3.63) is 33.4 Å². The molecular formula is C10H11ClN2O5. The number of halogens is 1. The van der Waals surface area contributed by atoms with Gasteiger partial charge in [-0.05, 0) is 18.6 Å². The first-order chi connectivity index (χ1) is 8.38. The van der Waals surface area contributed by atoms with E-state index in [1.54, 1.807) is 0 Å². The van der Waals surface area contributed by atoms with Gasteiger partial charge in [0.25, 0.3) is 0 Å². The van der Waals surface area contributed by atoms with Gasteiger partial charge in [-0.1, -0.05) is 6.07 Å². The van der Waals surface area contributed by atoms with E-state index in [4.69, 9.17) is 16.7 Å². The fraction of sp³-hybridized carbons (Fsp3) is 0.300. The molecule has 1 amide bonds. The molecule has 1 aromatic rings. The highest BCUT2D eigenvalue weighted by molar-refractivity contribution is 6.18. The van der Waals surface area contributed by atoms with Crippen LogP contribution in [0.3, 0.4) is 0 Å². The highest BCUT2D eigenvalue weighted by Gasteiger charge is 2.27. The van der Waals surface area contributed by atoms with E-state index in [-0.39, 0.29) is 11.4 Å². The number of nitrogens with zero attached hydrogens (tertiary/aromatic N) is 1. The molecule has 0 heterocycles. The summed E-state index contributed by atoms with van der Waals surface area (Å²) < 4.78 is 0. The summed E-state index contributed by atoms with van der Waals surface area (Å²) in [6, 6.07) is 1.87. The van der Waals surface area contributed by atoms with Crippen LogP contribution in [0.5, 0.6) is 5.75 Å². The van der Waals surface area contributed by atoms with Gasteiger partial charge < -0.3 is 15.5 Å². The van der Waals surface area contributed by atoms with Crippen molar-refractivity contribution < 1.29 is 19.9 Å². The normalized spacial score (nSPS) is 11.9. The highest BCUT2D eigenvalue weighted by Crippen LogP contribution is 2.36. The third kappa shape index (κ3) is 2.80. The average Bonchev–Trinajstić information content (AvgIpc) is 2.28. The van der Waals surface area contributed by atoms with Crippen molar-refractivity contribution in [1.82, 2.24) is 5.32 Å². The number of nitrogens with one attached hydrogen (secondary N) is 1. The number of rotatable bonds is 4. The molecule has 0 spiro atoms. The van der Waals surface area contributed by atoms with Gasteiger partial charge in [-0.2, -0.15) is 0 Å². The van der Waals surface area contributed by atoms with E-state index in [1.165, 1.54) is 19.1 Å². The van der Waals surface area contributed by atoms with Gasteiger partial charge in [0.15, 0.2) is 5.75 Å². The number of phenolic OH excluding ortho intramolecular Hbond substituents is 1. The van der Waals surface area contributed by atoms with E-state index in [1.807, 2.05) is 0 Å². The average molecular weight is 275 g/mol. The van der Waals surface area contributed by atoms with Gasteiger partial charge in [0, 0.05) is 5.88 Å². The van der Waals surface area contributed by atoms with Crippen LogP contribution in [-0.4, -0.2) is 27.1 Å². The number of amides is 1. The second-order valence-electron chi connectivity index (χ2n) is 3.58. The zero-order valence-electron chi connectivity index (χ0n) is 9.38. The van der Waals surface area contributed by atoms with Crippen molar-refractivity contribution in [2.45, 2.75) is 13.0 Å². The first-order valence-corrected chi connectivity index (χ1v) is 5.44.